The van der Waals surface area contributed by atoms with Crippen molar-refractivity contribution < 1.29 is 9.59 Å². The quantitative estimate of drug-likeness (QED) is 0.726. The minimum absolute atomic E-state index is 0.0934. The van der Waals surface area contributed by atoms with Crippen LogP contribution in [0.15, 0.2) is 66.9 Å². The van der Waals surface area contributed by atoms with Crippen LogP contribution in [0.25, 0.3) is 0 Å². The summed E-state index contributed by atoms with van der Waals surface area (Å²) < 4.78 is 0. The van der Waals surface area contributed by atoms with Gasteiger partial charge in [0.05, 0.1) is 11.9 Å². The van der Waals surface area contributed by atoms with E-state index in [1.807, 2.05) is 48.5 Å². The molecule has 28 heavy (non-hydrogen) atoms. The largest absolute Gasteiger partial charge is 0.354 e. The lowest BCUT2D eigenvalue weighted by atomic mass is 10.2. The molecule has 2 aromatic carbocycles. The molecule has 2 N–H and O–H groups in total. The number of benzene rings is 2. The van der Waals surface area contributed by atoms with E-state index in [0.29, 0.717) is 17.9 Å². The molecule has 0 bridgehead atoms. The van der Waals surface area contributed by atoms with Crippen molar-refractivity contribution in [2.75, 3.05) is 22.1 Å². The smallest absolute Gasteiger partial charge is 0.276 e. The van der Waals surface area contributed by atoms with Gasteiger partial charge in [0.1, 0.15) is 5.69 Å². The Hall–Kier alpha value is -3.67. The third-order valence-electron chi connectivity index (χ3n) is 4.59. The van der Waals surface area contributed by atoms with Crippen molar-refractivity contribution in [1.82, 2.24) is 4.98 Å². The first-order chi connectivity index (χ1) is 13.6. The molecule has 3 aromatic rings. The maximum Gasteiger partial charge on any atom is 0.276 e. The van der Waals surface area contributed by atoms with Gasteiger partial charge in [-0.2, -0.15) is 0 Å². The Balaban J connectivity index is 1.47. The number of carbonyl (C=O) groups is 2. The maximum absolute atomic E-state index is 12.8. The zero-order valence-electron chi connectivity index (χ0n) is 15.5. The van der Waals surface area contributed by atoms with Crippen LogP contribution in [-0.4, -0.2) is 23.3 Å². The number of amides is 2. The highest BCUT2D eigenvalue weighted by Crippen LogP contribution is 2.28. The molecule has 4 rings (SSSR count). The molecular weight excluding hydrogens is 352 g/mol. The number of carbonyl (C=O) groups excluding carboxylic acids is 2. The molecule has 0 unspecified atom stereocenters. The van der Waals surface area contributed by atoms with Crippen molar-refractivity contribution in [2.45, 2.75) is 13.3 Å². The number of hydrogen-bond acceptors (Lipinski definition) is 4. The summed E-state index contributed by atoms with van der Waals surface area (Å²) >= 11 is 0. The van der Waals surface area contributed by atoms with Crippen LogP contribution in [0.4, 0.5) is 22.7 Å². The predicted octanol–water partition coefficient (Wildman–Crippen LogP) is 3.99. The topological polar surface area (TPSA) is 74.3 Å². The van der Waals surface area contributed by atoms with E-state index in [1.54, 1.807) is 17.2 Å². The SMILES string of the molecule is CC(=O)Nc1cccc(Nc2ccc(C(=O)N3CCc4ccccc43)nc2)c1. The van der Waals surface area contributed by atoms with E-state index >= 15 is 0 Å². The van der Waals surface area contributed by atoms with Crippen LogP contribution in [-0.2, 0) is 11.2 Å². The van der Waals surface area contributed by atoms with E-state index < -0.39 is 0 Å². The predicted molar refractivity (Wildman–Crippen MR) is 110 cm³/mol. The highest BCUT2D eigenvalue weighted by atomic mass is 16.2. The molecule has 6 nitrogen and oxygen atoms in total. The molecule has 0 saturated carbocycles. The van der Waals surface area contributed by atoms with Gasteiger partial charge in [0.15, 0.2) is 0 Å². The fraction of sp³-hybridized carbons (Fsp3) is 0.136. The van der Waals surface area contributed by atoms with Gasteiger partial charge in [-0.15, -0.1) is 0 Å². The number of nitrogens with zero attached hydrogens (tertiary/aromatic N) is 2. The second kappa shape index (κ2) is 7.52. The molecule has 0 aliphatic carbocycles. The molecule has 1 aromatic heterocycles. The van der Waals surface area contributed by atoms with E-state index in [1.165, 1.54) is 12.5 Å². The zero-order chi connectivity index (χ0) is 19.5. The lowest BCUT2D eigenvalue weighted by molar-refractivity contribution is -0.114. The summed E-state index contributed by atoms with van der Waals surface area (Å²) in [5.74, 6) is -0.214. The molecule has 0 atom stereocenters. The molecule has 0 fully saturated rings. The molecule has 6 heteroatoms. The Morgan fingerprint density at radius 3 is 2.57 bits per heavy atom. The summed E-state index contributed by atoms with van der Waals surface area (Å²) in [6.07, 6.45) is 2.51. The van der Waals surface area contributed by atoms with E-state index in [-0.39, 0.29) is 11.8 Å². The number of para-hydroxylation sites is 1. The first-order valence-electron chi connectivity index (χ1n) is 9.11. The van der Waals surface area contributed by atoms with Gasteiger partial charge in [0.25, 0.3) is 5.91 Å². The molecule has 1 aliphatic heterocycles. The van der Waals surface area contributed by atoms with Gasteiger partial charge in [-0.3, -0.25) is 9.59 Å². The second-order valence-corrected chi connectivity index (χ2v) is 6.65. The third-order valence-corrected chi connectivity index (χ3v) is 4.59. The highest BCUT2D eigenvalue weighted by molar-refractivity contribution is 6.06. The van der Waals surface area contributed by atoms with E-state index in [2.05, 4.69) is 21.7 Å². The highest BCUT2D eigenvalue weighted by Gasteiger charge is 2.25. The summed E-state index contributed by atoms with van der Waals surface area (Å²) in [5, 5.41) is 5.98. The van der Waals surface area contributed by atoms with Gasteiger partial charge >= 0.3 is 0 Å². The van der Waals surface area contributed by atoms with Crippen LogP contribution in [0.2, 0.25) is 0 Å². The van der Waals surface area contributed by atoms with E-state index in [9.17, 15) is 9.59 Å². The number of fused-ring (bicyclic) bond motifs is 1. The Kier molecular flexibility index (Phi) is 4.76. The van der Waals surface area contributed by atoms with Gasteiger partial charge in [-0.1, -0.05) is 24.3 Å². The first kappa shape index (κ1) is 17.7. The van der Waals surface area contributed by atoms with Gasteiger partial charge in [-0.25, -0.2) is 4.98 Å². The van der Waals surface area contributed by atoms with Crippen molar-refractivity contribution in [3.63, 3.8) is 0 Å². The van der Waals surface area contributed by atoms with Crippen molar-refractivity contribution in [3.8, 4) is 0 Å². The van der Waals surface area contributed by atoms with Crippen LogP contribution >= 0.6 is 0 Å². The van der Waals surface area contributed by atoms with Gasteiger partial charge < -0.3 is 15.5 Å². The zero-order valence-corrected chi connectivity index (χ0v) is 15.5. The Morgan fingerprint density at radius 2 is 1.79 bits per heavy atom. The van der Waals surface area contributed by atoms with Crippen molar-refractivity contribution in [3.05, 3.63) is 78.1 Å². The number of pyridine rings is 1. The van der Waals surface area contributed by atoms with Gasteiger partial charge in [0, 0.05) is 30.5 Å². The standard InChI is InChI=1S/C22H20N4O2/c1-15(27)24-17-6-4-7-18(13-17)25-19-9-10-20(23-14-19)22(28)26-12-11-16-5-2-3-8-21(16)26/h2-10,13-14,25H,11-12H2,1H3,(H,24,27). The Labute approximate surface area is 163 Å². The monoisotopic (exact) mass is 372 g/mol. The number of hydrogen-bond donors (Lipinski definition) is 2. The van der Waals surface area contributed by atoms with Crippen molar-refractivity contribution >= 4 is 34.6 Å². The second-order valence-electron chi connectivity index (χ2n) is 6.65. The molecule has 2 amide bonds. The minimum Gasteiger partial charge on any atom is -0.354 e. The summed E-state index contributed by atoms with van der Waals surface area (Å²) in [7, 11) is 0. The minimum atomic E-state index is -0.120. The van der Waals surface area contributed by atoms with Crippen molar-refractivity contribution in [1.29, 1.82) is 0 Å². The van der Waals surface area contributed by atoms with Gasteiger partial charge in [-0.05, 0) is 48.4 Å². The Morgan fingerprint density at radius 1 is 0.964 bits per heavy atom. The van der Waals surface area contributed by atoms with E-state index in [4.69, 9.17) is 0 Å². The summed E-state index contributed by atoms with van der Waals surface area (Å²) in [6.45, 7) is 2.15. The molecule has 0 spiro atoms. The molecule has 0 radical (unpaired) electrons. The first-order valence-corrected chi connectivity index (χ1v) is 9.11. The molecule has 1 aliphatic rings. The normalized spacial score (nSPS) is 12.4. The molecule has 0 saturated heterocycles. The summed E-state index contributed by atoms with van der Waals surface area (Å²) in [4.78, 5) is 30.1. The van der Waals surface area contributed by atoms with Gasteiger partial charge in [0.2, 0.25) is 5.91 Å². The van der Waals surface area contributed by atoms with Crippen LogP contribution in [0.5, 0.6) is 0 Å². The third kappa shape index (κ3) is 3.71. The fourth-order valence-corrected chi connectivity index (χ4v) is 3.33. The average molecular weight is 372 g/mol. The number of aromatic nitrogens is 1. The van der Waals surface area contributed by atoms with E-state index in [0.717, 1.165) is 23.5 Å². The summed E-state index contributed by atoms with van der Waals surface area (Å²) in [5.41, 5.74) is 4.86. The molecular formula is C22H20N4O2. The van der Waals surface area contributed by atoms with Crippen LogP contribution < -0.4 is 15.5 Å². The number of rotatable bonds is 4. The number of nitrogens with one attached hydrogen (secondary N) is 2. The Bertz CT molecular complexity index is 1030. The fourth-order valence-electron chi connectivity index (χ4n) is 3.33. The molecule has 140 valence electrons. The molecule has 2 heterocycles. The maximum atomic E-state index is 12.8. The van der Waals surface area contributed by atoms with Crippen LogP contribution in [0.1, 0.15) is 23.0 Å². The number of anilines is 4. The van der Waals surface area contributed by atoms with Crippen LogP contribution in [0.3, 0.4) is 0 Å². The van der Waals surface area contributed by atoms with Crippen LogP contribution in [0, 0.1) is 0 Å². The lowest BCUT2D eigenvalue weighted by Crippen LogP contribution is -2.29. The van der Waals surface area contributed by atoms with Crippen molar-refractivity contribution in [2.24, 2.45) is 0 Å². The lowest BCUT2D eigenvalue weighted by Gasteiger charge is -2.17. The summed E-state index contributed by atoms with van der Waals surface area (Å²) in [6, 6.07) is 18.9. The average Bonchev–Trinajstić information content (AvgIpc) is 3.12.